The summed E-state index contributed by atoms with van der Waals surface area (Å²) in [5.74, 6) is -1.55. The number of esters is 1. The summed E-state index contributed by atoms with van der Waals surface area (Å²) in [5, 5.41) is 17.9. The average molecular weight is 567 g/mol. The van der Waals surface area contributed by atoms with E-state index >= 15 is 0 Å². The molecule has 5 aliphatic rings. The number of hydrogen-bond donors (Lipinski definition) is 1. The number of ketones is 1. The maximum absolute atomic E-state index is 14.9. The Hall–Kier alpha value is -2.29. The zero-order valence-corrected chi connectivity index (χ0v) is 26.4. The summed E-state index contributed by atoms with van der Waals surface area (Å²) >= 11 is 0. The fourth-order valence-electron chi connectivity index (χ4n) is 9.06. The van der Waals surface area contributed by atoms with Crippen LogP contribution >= 0.6 is 0 Å². The third kappa shape index (κ3) is 3.65. The Morgan fingerprint density at radius 3 is 2.44 bits per heavy atom. The molecule has 0 radical (unpaired) electrons. The van der Waals surface area contributed by atoms with E-state index in [0.717, 1.165) is 12.0 Å². The van der Waals surface area contributed by atoms with E-state index in [1.54, 1.807) is 6.92 Å². The second-order valence-corrected chi connectivity index (χ2v) is 15.4. The SMILES string of the molecule is CC1=C[C@]23C(=O)[C@@H](C=C4COC(C)(C)O[C@H]4C2(O)[C@H]1OC(=O)c1c(C)nn(C(C)(C)C)c1C)[C@H]1[C@@H](C[C@H]3C)C1(C)C. The number of aromatic nitrogens is 2. The fourth-order valence-corrected chi connectivity index (χ4v) is 9.06. The molecule has 2 heterocycles. The monoisotopic (exact) mass is 566 g/mol. The summed E-state index contributed by atoms with van der Waals surface area (Å²) in [7, 11) is 0. The number of aryl methyl sites for hydroxylation is 1. The second kappa shape index (κ2) is 8.42. The van der Waals surface area contributed by atoms with E-state index in [2.05, 4.69) is 25.9 Å². The molecule has 1 aromatic heterocycles. The number of Topliss-reactive ketones (excluding diaryl/α,β-unsaturated/α-hetero) is 1. The molecule has 8 atom stereocenters. The van der Waals surface area contributed by atoms with E-state index in [0.29, 0.717) is 28.4 Å². The lowest BCUT2D eigenvalue weighted by Gasteiger charge is -2.52. The van der Waals surface area contributed by atoms with Gasteiger partial charge in [0.1, 0.15) is 11.7 Å². The van der Waals surface area contributed by atoms with E-state index < -0.39 is 35.0 Å². The number of rotatable bonds is 2. The Labute approximate surface area is 243 Å². The van der Waals surface area contributed by atoms with Gasteiger partial charge < -0.3 is 19.3 Å². The first-order chi connectivity index (χ1) is 18.8. The molecule has 2 saturated carbocycles. The van der Waals surface area contributed by atoms with E-state index in [4.69, 9.17) is 14.2 Å². The predicted octanol–water partition coefficient (Wildman–Crippen LogP) is 5.05. The number of allylic oxidation sites excluding steroid dienone is 1. The van der Waals surface area contributed by atoms with Gasteiger partial charge in [0.2, 0.25) is 0 Å². The largest absolute Gasteiger partial charge is 0.451 e. The minimum atomic E-state index is -1.84. The zero-order valence-electron chi connectivity index (χ0n) is 26.4. The Bertz CT molecular complexity index is 1410. The number of carbonyl (C=O) groups is 2. The van der Waals surface area contributed by atoms with Gasteiger partial charge in [-0.05, 0) is 96.1 Å². The van der Waals surface area contributed by atoms with Gasteiger partial charge in [-0.15, -0.1) is 0 Å². The highest BCUT2D eigenvalue weighted by atomic mass is 16.7. The molecule has 41 heavy (non-hydrogen) atoms. The fraction of sp³-hybridized carbons (Fsp3) is 0.727. The van der Waals surface area contributed by atoms with Gasteiger partial charge in [-0.25, -0.2) is 4.79 Å². The molecule has 1 aromatic rings. The Balaban J connectivity index is 1.50. The molecule has 224 valence electrons. The number of ether oxygens (including phenoxy) is 3. The summed E-state index contributed by atoms with van der Waals surface area (Å²) in [5.41, 5.74) is -0.334. The molecule has 8 nitrogen and oxygen atoms in total. The van der Waals surface area contributed by atoms with Gasteiger partial charge in [-0.2, -0.15) is 5.10 Å². The van der Waals surface area contributed by atoms with Crippen molar-refractivity contribution in [3.8, 4) is 0 Å². The molecule has 1 aliphatic heterocycles. The smallest absolute Gasteiger partial charge is 0.342 e. The molecule has 8 heteroatoms. The topological polar surface area (TPSA) is 99.9 Å². The van der Waals surface area contributed by atoms with Gasteiger partial charge in [0.05, 0.1) is 28.9 Å². The van der Waals surface area contributed by atoms with Gasteiger partial charge in [0, 0.05) is 5.92 Å². The van der Waals surface area contributed by atoms with E-state index in [1.165, 1.54) is 0 Å². The number of fused-ring (bicyclic) bond motifs is 5. The predicted molar refractivity (Wildman–Crippen MR) is 153 cm³/mol. The zero-order chi connectivity index (χ0) is 30.2. The molecule has 3 fully saturated rings. The van der Waals surface area contributed by atoms with E-state index in [-0.39, 0.29) is 41.1 Å². The summed E-state index contributed by atoms with van der Waals surface area (Å²) in [6.07, 6.45) is 2.78. The van der Waals surface area contributed by atoms with Crippen molar-refractivity contribution in [1.29, 1.82) is 0 Å². The highest BCUT2D eigenvalue weighted by Crippen LogP contribution is 2.72. The summed E-state index contributed by atoms with van der Waals surface area (Å²) in [6.45, 7) is 22.0. The molecular formula is C33H46N2O6. The Morgan fingerprint density at radius 1 is 1.17 bits per heavy atom. The summed E-state index contributed by atoms with van der Waals surface area (Å²) < 4.78 is 20.8. The van der Waals surface area contributed by atoms with Gasteiger partial charge in [-0.3, -0.25) is 9.48 Å². The van der Waals surface area contributed by atoms with E-state index in [1.807, 2.05) is 65.3 Å². The second-order valence-electron chi connectivity index (χ2n) is 15.4. The lowest BCUT2D eigenvalue weighted by molar-refractivity contribution is -0.302. The van der Waals surface area contributed by atoms with Crippen LogP contribution in [0.5, 0.6) is 0 Å². The lowest BCUT2D eigenvalue weighted by atomic mass is 9.59. The van der Waals surface area contributed by atoms with Crippen LogP contribution in [0.25, 0.3) is 0 Å². The van der Waals surface area contributed by atoms with Crippen molar-refractivity contribution >= 4 is 11.8 Å². The number of carbonyl (C=O) groups excluding carboxylic acids is 2. The molecule has 2 bridgehead atoms. The van der Waals surface area contributed by atoms with Crippen molar-refractivity contribution < 1.29 is 28.9 Å². The molecule has 4 aliphatic carbocycles. The Morgan fingerprint density at radius 2 is 1.83 bits per heavy atom. The van der Waals surface area contributed by atoms with Crippen LogP contribution in [0, 0.1) is 48.3 Å². The van der Waals surface area contributed by atoms with Crippen molar-refractivity contribution in [3.63, 3.8) is 0 Å². The number of hydrogen-bond acceptors (Lipinski definition) is 7. The molecule has 0 amide bonds. The van der Waals surface area contributed by atoms with Gasteiger partial charge in [0.25, 0.3) is 0 Å². The van der Waals surface area contributed by atoms with Crippen LogP contribution in [0.3, 0.4) is 0 Å². The maximum Gasteiger partial charge on any atom is 0.342 e. The first-order valence-corrected chi connectivity index (χ1v) is 15.0. The van der Waals surface area contributed by atoms with Crippen LogP contribution in [0.1, 0.15) is 90.5 Å². The highest BCUT2D eigenvalue weighted by molar-refractivity contribution is 5.96. The van der Waals surface area contributed by atoms with Crippen molar-refractivity contribution in [1.82, 2.24) is 9.78 Å². The Kier molecular flexibility index (Phi) is 5.91. The molecule has 1 unspecified atom stereocenters. The first-order valence-electron chi connectivity index (χ1n) is 15.0. The highest BCUT2D eigenvalue weighted by Gasteiger charge is 2.77. The summed E-state index contributed by atoms with van der Waals surface area (Å²) in [6, 6.07) is 0. The van der Waals surface area contributed by atoms with Crippen LogP contribution in [0.15, 0.2) is 23.3 Å². The molecule has 1 saturated heterocycles. The van der Waals surface area contributed by atoms with Crippen LogP contribution in [-0.2, 0) is 24.5 Å². The average Bonchev–Trinajstić information content (AvgIpc) is 3.15. The molecule has 0 aromatic carbocycles. The minimum absolute atomic E-state index is 0.000284. The van der Waals surface area contributed by atoms with Crippen molar-refractivity contribution in [2.45, 2.75) is 112 Å². The third-order valence-corrected chi connectivity index (χ3v) is 11.0. The first kappa shape index (κ1) is 28.8. The number of aliphatic hydroxyl groups is 1. The molecular weight excluding hydrogens is 520 g/mol. The lowest BCUT2D eigenvalue weighted by Crippen LogP contribution is -2.68. The van der Waals surface area contributed by atoms with Crippen LogP contribution in [0.4, 0.5) is 0 Å². The van der Waals surface area contributed by atoms with Crippen molar-refractivity contribution in [2.24, 2.45) is 34.5 Å². The van der Waals surface area contributed by atoms with Crippen LogP contribution in [0.2, 0.25) is 0 Å². The van der Waals surface area contributed by atoms with E-state index in [9.17, 15) is 14.7 Å². The van der Waals surface area contributed by atoms with Crippen molar-refractivity contribution in [3.05, 3.63) is 40.2 Å². The summed E-state index contributed by atoms with van der Waals surface area (Å²) in [4.78, 5) is 28.9. The number of nitrogens with zero attached hydrogens (tertiary/aromatic N) is 2. The molecule has 1 spiro atoms. The van der Waals surface area contributed by atoms with Gasteiger partial charge in [-0.1, -0.05) is 32.9 Å². The van der Waals surface area contributed by atoms with Crippen LogP contribution in [-0.4, -0.2) is 56.8 Å². The normalized spacial score (nSPS) is 40.3. The molecule has 6 rings (SSSR count). The molecule has 1 N–H and O–H groups in total. The van der Waals surface area contributed by atoms with Gasteiger partial charge in [0.15, 0.2) is 23.3 Å². The van der Waals surface area contributed by atoms with Crippen LogP contribution < -0.4 is 0 Å². The maximum atomic E-state index is 14.9. The van der Waals surface area contributed by atoms with Gasteiger partial charge >= 0.3 is 5.97 Å². The van der Waals surface area contributed by atoms with Crippen molar-refractivity contribution in [2.75, 3.05) is 6.61 Å². The third-order valence-electron chi connectivity index (χ3n) is 11.0. The standard InChI is InChI=1S/C33H46N2O6/c1-16-14-32-17(2)12-22-24(30(22,8)9)21(25(32)36)13-20-15-39-31(10,11)41-27(20)33(32,38)26(16)40-28(37)23-18(3)34-35(19(23)4)29(5,6)7/h13-14,17,21-22,24,26-27,38H,12,15H2,1-11H3/t17-,21+,22-,24+,26+,27-,32+,33?/m1/s1. The quantitative estimate of drug-likeness (QED) is 0.395. The minimum Gasteiger partial charge on any atom is -0.451 e.